The van der Waals surface area contributed by atoms with Crippen molar-refractivity contribution in [3.05, 3.63) is 35.8 Å². The molecule has 0 aliphatic carbocycles. The van der Waals surface area contributed by atoms with Crippen LogP contribution in [0.4, 0.5) is 19.0 Å². The predicted molar refractivity (Wildman–Crippen MR) is 73.0 cm³/mol. The van der Waals surface area contributed by atoms with Crippen molar-refractivity contribution < 1.29 is 17.9 Å². The maximum Gasteiger partial charge on any atom is 0.387 e. The van der Waals surface area contributed by atoms with Crippen LogP contribution in [0.3, 0.4) is 0 Å². The van der Waals surface area contributed by atoms with E-state index in [2.05, 4.69) is 20.0 Å². The Hall–Kier alpha value is -2.31. The molecule has 4 nitrogen and oxygen atoms in total. The molecule has 2 aromatic rings. The van der Waals surface area contributed by atoms with Gasteiger partial charge < -0.3 is 10.1 Å². The molecule has 21 heavy (non-hydrogen) atoms. The first-order valence-electron chi connectivity index (χ1n) is 6.34. The molecule has 0 saturated heterocycles. The van der Waals surface area contributed by atoms with Crippen LogP contribution in [0.2, 0.25) is 0 Å². The number of aromatic nitrogens is 2. The molecule has 0 aliphatic heterocycles. The van der Waals surface area contributed by atoms with E-state index in [1.165, 1.54) is 19.1 Å². The van der Waals surface area contributed by atoms with Crippen LogP contribution in [0, 0.1) is 12.7 Å². The van der Waals surface area contributed by atoms with Crippen molar-refractivity contribution in [2.45, 2.75) is 20.5 Å². The van der Waals surface area contributed by atoms with Gasteiger partial charge in [0.1, 0.15) is 5.75 Å². The van der Waals surface area contributed by atoms with E-state index in [1.54, 1.807) is 12.1 Å². The van der Waals surface area contributed by atoms with Gasteiger partial charge in [-0.3, -0.25) is 0 Å². The summed E-state index contributed by atoms with van der Waals surface area (Å²) in [5.74, 6) is -0.0286. The molecule has 0 fully saturated rings. The smallest absolute Gasteiger partial charge is 0.387 e. The molecule has 1 aromatic heterocycles. The Labute approximate surface area is 120 Å². The van der Waals surface area contributed by atoms with Crippen molar-refractivity contribution in [3.8, 4) is 17.1 Å². The van der Waals surface area contributed by atoms with Gasteiger partial charge in [0, 0.05) is 12.1 Å². The summed E-state index contributed by atoms with van der Waals surface area (Å²) in [6.45, 7) is 1.01. The molecule has 0 bridgehead atoms. The average molecular weight is 297 g/mol. The summed E-state index contributed by atoms with van der Waals surface area (Å²) >= 11 is 0. The van der Waals surface area contributed by atoms with Crippen molar-refractivity contribution in [2.75, 3.05) is 11.9 Å². The summed E-state index contributed by atoms with van der Waals surface area (Å²) in [4.78, 5) is 8.16. The lowest BCUT2D eigenvalue weighted by Gasteiger charge is -2.09. The Balaban J connectivity index is 2.33. The number of aryl methyl sites for hydroxylation is 1. The molecule has 0 aliphatic rings. The number of hydrogen-bond donors (Lipinski definition) is 1. The zero-order chi connectivity index (χ0) is 15.4. The summed E-state index contributed by atoms with van der Waals surface area (Å²) in [6.07, 6.45) is 0. The van der Waals surface area contributed by atoms with Crippen molar-refractivity contribution in [2.24, 2.45) is 0 Å². The number of hydrogen-bond acceptors (Lipinski definition) is 4. The first-order valence-corrected chi connectivity index (χ1v) is 6.34. The summed E-state index contributed by atoms with van der Waals surface area (Å²) < 4.78 is 42.2. The number of nitrogens with one attached hydrogen (secondary N) is 1. The van der Waals surface area contributed by atoms with Crippen LogP contribution in [0.25, 0.3) is 11.4 Å². The van der Waals surface area contributed by atoms with E-state index in [0.29, 0.717) is 17.9 Å². The van der Waals surface area contributed by atoms with E-state index in [-0.39, 0.29) is 17.3 Å². The van der Waals surface area contributed by atoms with Crippen LogP contribution >= 0.6 is 0 Å². The van der Waals surface area contributed by atoms with Gasteiger partial charge in [-0.1, -0.05) is 0 Å². The highest BCUT2D eigenvalue weighted by Crippen LogP contribution is 2.23. The Kier molecular flexibility index (Phi) is 4.62. The lowest BCUT2D eigenvalue weighted by molar-refractivity contribution is -0.0498. The van der Waals surface area contributed by atoms with Gasteiger partial charge in [-0.05, 0) is 38.1 Å². The lowest BCUT2D eigenvalue weighted by atomic mass is 10.2. The summed E-state index contributed by atoms with van der Waals surface area (Å²) in [6, 6.07) is 5.85. The second-order valence-electron chi connectivity index (χ2n) is 4.23. The van der Waals surface area contributed by atoms with Gasteiger partial charge in [-0.25, -0.2) is 14.4 Å². The number of rotatable bonds is 5. The van der Waals surface area contributed by atoms with Crippen molar-refractivity contribution in [3.63, 3.8) is 0 Å². The molecule has 0 radical (unpaired) electrons. The van der Waals surface area contributed by atoms with E-state index >= 15 is 0 Å². The number of anilines is 1. The monoisotopic (exact) mass is 297 g/mol. The molecule has 1 N–H and O–H groups in total. The van der Waals surface area contributed by atoms with Gasteiger partial charge in [0.25, 0.3) is 0 Å². The SMILES string of the molecule is CCNc1nc(-c2ccc(OC(F)F)cc2)nc(C)c1F. The Morgan fingerprint density at radius 2 is 1.86 bits per heavy atom. The molecule has 0 atom stereocenters. The Bertz CT molecular complexity index is 618. The van der Waals surface area contributed by atoms with E-state index < -0.39 is 12.4 Å². The fraction of sp³-hybridized carbons (Fsp3) is 0.286. The predicted octanol–water partition coefficient (Wildman–Crippen LogP) is 3.62. The normalized spacial score (nSPS) is 10.8. The molecule has 0 amide bonds. The van der Waals surface area contributed by atoms with Crippen LogP contribution in [0.5, 0.6) is 5.75 Å². The maximum atomic E-state index is 13.8. The first kappa shape index (κ1) is 15.1. The highest BCUT2D eigenvalue weighted by Gasteiger charge is 2.12. The van der Waals surface area contributed by atoms with E-state index in [0.717, 1.165) is 0 Å². The van der Waals surface area contributed by atoms with Gasteiger partial charge >= 0.3 is 6.61 Å². The second-order valence-corrected chi connectivity index (χ2v) is 4.23. The molecule has 0 spiro atoms. The minimum atomic E-state index is -2.87. The largest absolute Gasteiger partial charge is 0.435 e. The van der Waals surface area contributed by atoms with Crippen molar-refractivity contribution in [1.82, 2.24) is 9.97 Å². The van der Waals surface area contributed by atoms with Crippen LogP contribution in [-0.2, 0) is 0 Å². The molecular formula is C14H14F3N3O. The van der Waals surface area contributed by atoms with Crippen molar-refractivity contribution >= 4 is 5.82 Å². The molecule has 2 rings (SSSR count). The van der Waals surface area contributed by atoms with Crippen LogP contribution in [0.1, 0.15) is 12.6 Å². The van der Waals surface area contributed by atoms with Crippen LogP contribution in [-0.4, -0.2) is 23.1 Å². The molecule has 1 aromatic carbocycles. The van der Waals surface area contributed by atoms with Crippen LogP contribution < -0.4 is 10.1 Å². The van der Waals surface area contributed by atoms with Crippen molar-refractivity contribution in [1.29, 1.82) is 0 Å². The lowest BCUT2D eigenvalue weighted by Crippen LogP contribution is -2.07. The van der Waals surface area contributed by atoms with E-state index in [1.807, 2.05) is 6.92 Å². The fourth-order valence-corrected chi connectivity index (χ4v) is 1.76. The third-order valence-electron chi connectivity index (χ3n) is 2.70. The topological polar surface area (TPSA) is 47.0 Å². The third kappa shape index (κ3) is 3.62. The standard InChI is InChI=1S/C14H14F3N3O/c1-3-18-13-11(15)8(2)19-12(20-13)9-4-6-10(7-5-9)21-14(16)17/h4-7,14H,3H2,1-2H3,(H,18,19,20). The summed E-state index contributed by atoms with van der Waals surface area (Å²) in [7, 11) is 0. The second kappa shape index (κ2) is 6.43. The third-order valence-corrected chi connectivity index (χ3v) is 2.70. The zero-order valence-corrected chi connectivity index (χ0v) is 11.5. The minimum Gasteiger partial charge on any atom is -0.435 e. The average Bonchev–Trinajstić information content (AvgIpc) is 2.44. The number of ether oxygens (including phenoxy) is 1. The minimum absolute atomic E-state index is 0.0412. The number of halogens is 3. The van der Waals surface area contributed by atoms with Gasteiger partial charge in [0.15, 0.2) is 17.5 Å². The quantitative estimate of drug-likeness (QED) is 0.915. The number of benzene rings is 1. The van der Waals surface area contributed by atoms with Gasteiger partial charge in [-0.15, -0.1) is 0 Å². The number of nitrogens with zero attached hydrogens (tertiary/aromatic N) is 2. The molecule has 0 saturated carbocycles. The van der Waals surface area contributed by atoms with E-state index in [9.17, 15) is 13.2 Å². The Morgan fingerprint density at radius 1 is 1.19 bits per heavy atom. The molecular weight excluding hydrogens is 283 g/mol. The van der Waals surface area contributed by atoms with E-state index in [4.69, 9.17) is 0 Å². The summed E-state index contributed by atoms with van der Waals surface area (Å²) in [5.41, 5.74) is 0.794. The first-order chi connectivity index (χ1) is 10.0. The fourth-order valence-electron chi connectivity index (χ4n) is 1.76. The van der Waals surface area contributed by atoms with Gasteiger partial charge in [0.2, 0.25) is 0 Å². The molecule has 0 unspecified atom stereocenters. The molecule has 1 heterocycles. The molecule has 112 valence electrons. The number of alkyl halides is 2. The zero-order valence-electron chi connectivity index (χ0n) is 11.5. The van der Waals surface area contributed by atoms with Crippen LogP contribution in [0.15, 0.2) is 24.3 Å². The molecule has 7 heteroatoms. The highest BCUT2D eigenvalue weighted by molar-refractivity contribution is 5.59. The van der Waals surface area contributed by atoms with Gasteiger partial charge in [0.05, 0.1) is 5.69 Å². The Morgan fingerprint density at radius 3 is 2.43 bits per heavy atom. The van der Waals surface area contributed by atoms with Gasteiger partial charge in [-0.2, -0.15) is 8.78 Å². The maximum absolute atomic E-state index is 13.8. The highest BCUT2D eigenvalue weighted by atomic mass is 19.3. The summed E-state index contributed by atoms with van der Waals surface area (Å²) in [5, 5.41) is 2.81.